The van der Waals surface area contributed by atoms with Gasteiger partial charge in [0.2, 0.25) is 20.0 Å². The molecule has 0 bridgehead atoms. The van der Waals surface area contributed by atoms with Crippen molar-refractivity contribution < 1.29 is 21.6 Å². The lowest BCUT2D eigenvalue weighted by Crippen LogP contribution is -2.28. The Bertz CT molecular complexity index is 1510. The lowest BCUT2D eigenvalue weighted by atomic mass is 10.0. The predicted molar refractivity (Wildman–Crippen MR) is 142 cm³/mol. The maximum atomic E-state index is 13.0. The van der Waals surface area contributed by atoms with Crippen molar-refractivity contribution in [1.29, 1.82) is 0 Å². The van der Waals surface area contributed by atoms with Crippen LogP contribution in [0.4, 0.5) is 0 Å². The quantitative estimate of drug-likeness (QED) is 0.431. The highest BCUT2D eigenvalue weighted by Crippen LogP contribution is 2.27. The third-order valence-electron chi connectivity index (χ3n) is 5.71. The fourth-order valence-electron chi connectivity index (χ4n) is 3.85. The third-order valence-corrected chi connectivity index (χ3v) is 9.19. The molecular formula is C24H24ClN3O5S3. The molecule has 190 valence electrons. The summed E-state index contributed by atoms with van der Waals surface area (Å²) in [7, 11) is -7.41. The maximum Gasteiger partial charge on any atom is 0.254 e. The Morgan fingerprint density at radius 1 is 1.06 bits per heavy atom. The number of likely N-dealkylation sites (tertiary alicyclic amines) is 1. The van der Waals surface area contributed by atoms with Gasteiger partial charge in [-0.3, -0.25) is 9.52 Å². The molecule has 0 saturated carbocycles. The molecule has 36 heavy (non-hydrogen) atoms. The van der Waals surface area contributed by atoms with Gasteiger partial charge in [-0.05, 0) is 54.3 Å². The molecule has 0 unspecified atom stereocenters. The van der Waals surface area contributed by atoms with Crippen molar-refractivity contribution >= 4 is 48.9 Å². The average molecular weight is 566 g/mol. The summed E-state index contributed by atoms with van der Waals surface area (Å²) < 4.78 is 51.6. The first-order chi connectivity index (χ1) is 17.0. The van der Waals surface area contributed by atoms with E-state index in [0.29, 0.717) is 47.0 Å². The van der Waals surface area contributed by atoms with Gasteiger partial charge < -0.3 is 4.90 Å². The highest BCUT2D eigenvalue weighted by Gasteiger charge is 2.23. The highest BCUT2D eigenvalue weighted by atomic mass is 35.5. The number of aryl methyl sites for hydroxylation is 1. The van der Waals surface area contributed by atoms with E-state index in [9.17, 15) is 21.6 Å². The van der Waals surface area contributed by atoms with Crippen LogP contribution in [0.15, 0.2) is 77.3 Å². The number of carbonyl (C=O) groups excluding carboxylic acids is 1. The molecule has 1 amide bonds. The molecule has 3 aromatic rings. The predicted octanol–water partition coefficient (Wildman–Crippen LogP) is 3.61. The second-order valence-electron chi connectivity index (χ2n) is 8.29. The van der Waals surface area contributed by atoms with E-state index in [2.05, 4.69) is 4.72 Å². The molecule has 0 aliphatic carbocycles. The Balaban J connectivity index is 1.37. The van der Waals surface area contributed by atoms with Crippen LogP contribution >= 0.6 is 22.9 Å². The first kappa shape index (κ1) is 26.4. The Kier molecular flexibility index (Phi) is 7.86. The van der Waals surface area contributed by atoms with E-state index in [4.69, 9.17) is 16.7 Å². The van der Waals surface area contributed by atoms with E-state index in [1.54, 1.807) is 53.4 Å². The molecule has 3 N–H and O–H groups in total. The normalized spacial score (nSPS) is 15.4. The second kappa shape index (κ2) is 10.7. The Morgan fingerprint density at radius 3 is 2.44 bits per heavy atom. The van der Waals surface area contributed by atoms with Crippen LogP contribution < -0.4 is 9.86 Å². The van der Waals surface area contributed by atoms with Gasteiger partial charge in [-0.15, -0.1) is 11.3 Å². The molecule has 2 heterocycles. The van der Waals surface area contributed by atoms with Crippen LogP contribution in [0.1, 0.15) is 21.7 Å². The number of primary sulfonamides is 1. The van der Waals surface area contributed by atoms with Crippen LogP contribution in [0.3, 0.4) is 0 Å². The number of amides is 1. The number of hydrogen-bond donors (Lipinski definition) is 2. The third kappa shape index (κ3) is 6.54. The van der Waals surface area contributed by atoms with E-state index in [1.165, 1.54) is 23.6 Å². The Labute approximate surface area is 219 Å². The number of benzene rings is 2. The van der Waals surface area contributed by atoms with Crippen molar-refractivity contribution in [3.63, 3.8) is 0 Å². The molecule has 8 nitrogen and oxygen atoms in total. The summed E-state index contributed by atoms with van der Waals surface area (Å²) in [5, 5.41) is 5.32. The SMILES string of the molecule is NS(=O)(=O)c1ccccc1-c1ccc(C(=O)N2CCC(=CNS(=O)(=O)CCc3ccc(Cl)s3)C2)cc1. The zero-order valence-electron chi connectivity index (χ0n) is 19.1. The van der Waals surface area contributed by atoms with Crippen LogP contribution in [0.5, 0.6) is 0 Å². The van der Waals surface area contributed by atoms with E-state index in [1.807, 2.05) is 6.07 Å². The van der Waals surface area contributed by atoms with Gasteiger partial charge in [0.1, 0.15) is 0 Å². The smallest absolute Gasteiger partial charge is 0.254 e. The largest absolute Gasteiger partial charge is 0.334 e. The molecule has 0 atom stereocenters. The minimum atomic E-state index is -3.90. The fraction of sp³-hybridized carbons (Fsp3) is 0.208. The van der Waals surface area contributed by atoms with Gasteiger partial charge >= 0.3 is 0 Å². The summed E-state index contributed by atoms with van der Waals surface area (Å²) in [6.45, 7) is 0.786. The number of nitrogens with one attached hydrogen (secondary N) is 1. The number of nitrogens with two attached hydrogens (primary N) is 1. The molecular weight excluding hydrogens is 542 g/mol. The zero-order chi connectivity index (χ0) is 25.9. The zero-order valence-corrected chi connectivity index (χ0v) is 22.3. The van der Waals surface area contributed by atoms with E-state index >= 15 is 0 Å². The summed E-state index contributed by atoms with van der Waals surface area (Å²) in [6.07, 6.45) is 2.41. The summed E-state index contributed by atoms with van der Waals surface area (Å²) in [6, 6.07) is 16.6. The minimum Gasteiger partial charge on any atom is -0.334 e. The monoisotopic (exact) mass is 565 g/mol. The molecule has 1 aromatic heterocycles. The van der Waals surface area contributed by atoms with Gasteiger partial charge in [-0.1, -0.05) is 41.9 Å². The lowest BCUT2D eigenvalue weighted by Gasteiger charge is -2.15. The van der Waals surface area contributed by atoms with E-state index in [-0.39, 0.29) is 16.6 Å². The van der Waals surface area contributed by atoms with Crippen molar-refractivity contribution in [3.05, 3.63) is 87.2 Å². The molecule has 4 rings (SSSR count). The van der Waals surface area contributed by atoms with Crippen LogP contribution in [-0.2, 0) is 26.5 Å². The lowest BCUT2D eigenvalue weighted by molar-refractivity contribution is 0.0796. The molecule has 1 saturated heterocycles. The van der Waals surface area contributed by atoms with Gasteiger partial charge in [0, 0.05) is 35.3 Å². The van der Waals surface area contributed by atoms with Gasteiger partial charge in [0.25, 0.3) is 5.91 Å². The topological polar surface area (TPSA) is 127 Å². The molecule has 1 aliphatic heterocycles. The summed E-state index contributed by atoms with van der Waals surface area (Å²) in [4.78, 5) is 15.5. The second-order valence-corrected chi connectivity index (χ2v) is 13.5. The number of hydrogen-bond acceptors (Lipinski definition) is 6. The number of sulfonamides is 2. The number of rotatable bonds is 8. The molecule has 1 aliphatic rings. The van der Waals surface area contributed by atoms with Crippen molar-refractivity contribution in [2.45, 2.75) is 17.7 Å². The van der Waals surface area contributed by atoms with Crippen LogP contribution in [0.2, 0.25) is 4.34 Å². The molecule has 0 spiro atoms. The fourth-order valence-corrected chi connectivity index (χ4v) is 6.78. The van der Waals surface area contributed by atoms with Gasteiger partial charge in [0.05, 0.1) is 15.0 Å². The molecule has 2 aromatic carbocycles. The van der Waals surface area contributed by atoms with Crippen molar-refractivity contribution in [3.8, 4) is 11.1 Å². The van der Waals surface area contributed by atoms with E-state index in [0.717, 1.165) is 10.5 Å². The van der Waals surface area contributed by atoms with Crippen molar-refractivity contribution in [2.75, 3.05) is 18.8 Å². The Hall–Kier alpha value is -2.70. The average Bonchev–Trinajstić information content (AvgIpc) is 3.50. The van der Waals surface area contributed by atoms with Crippen LogP contribution in [-0.4, -0.2) is 46.5 Å². The summed E-state index contributed by atoms with van der Waals surface area (Å²) in [5.41, 5.74) is 2.34. The Morgan fingerprint density at radius 2 is 1.78 bits per heavy atom. The van der Waals surface area contributed by atoms with E-state index < -0.39 is 20.0 Å². The van der Waals surface area contributed by atoms with Gasteiger partial charge in [-0.2, -0.15) is 0 Å². The first-order valence-electron chi connectivity index (χ1n) is 11.0. The van der Waals surface area contributed by atoms with Gasteiger partial charge in [0.15, 0.2) is 0 Å². The number of nitrogens with zero attached hydrogens (tertiary/aromatic N) is 1. The molecule has 12 heteroatoms. The number of thiophene rings is 1. The molecule has 0 radical (unpaired) electrons. The van der Waals surface area contributed by atoms with Crippen molar-refractivity contribution in [2.24, 2.45) is 5.14 Å². The van der Waals surface area contributed by atoms with Crippen LogP contribution in [0, 0.1) is 0 Å². The highest BCUT2D eigenvalue weighted by molar-refractivity contribution is 7.89. The van der Waals surface area contributed by atoms with Crippen LogP contribution in [0.25, 0.3) is 11.1 Å². The molecule has 1 fully saturated rings. The maximum absolute atomic E-state index is 13.0. The number of carbonyl (C=O) groups is 1. The number of halogens is 1. The minimum absolute atomic E-state index is 0.0139. The first-order valence-corrected chi connectivity index (χ1v) is 15.3. The van der Waals surface area contributed by atoms with Crippen molar-refractivity contribution in [1.82, 2.24) is 9.62 Å². The summed E-state index contributed by atoms with van der Waals surface area (Å²) in [5.74, 6) is -0.251. The summed E-state index contributed by atoms with van der Waals surface area (Å²) >= 11 is 7.24. The van der Waals surface area contributed by atoms with Gasteiger partial charge in [-0.25, -0.2) is 22.0 Å². The standard InChI is InChI=1S/C24H24ClN3O5S3/c25-23-10-9-20(34-23)12-14-35(30,31)27-15-17-11-13-28(16-17)24(29)19-7-5-18(6-8-19)21-3-1-2-4-22(21)36(26,32)33/h1-10,15,27H,11-14,16H2,(H2,26,32,33).